The lowest BCUT2D eigenvalue weighted by Gasteiger charge is -2.26. The summed E-state index contributed by atoms with van der Waals surface area (Å²) in [4.78, 5) is 22.3. The molecular formula is C20H18BrN3O. The zero-order valence-corrected chi connectivity index (χ0v) is 15.3. The molecule has 1 amide bonds. The van der Waals surface area contributed by atoms with E-state index < -0.39 is 0 Å². The molecule has 4 rings (SSSR count). The van der Waals surface area contributed by atoms with Crippen LogP contribution in [0.15, 0.2) is 59.3 Å². The number of rotatable bonds is 3. The van der Waals surface area contributed by atoms with E-state index in [1.165, 1.54) is 5.57 Å². The zero-order valence-electron chi connectivity index (χ0n) is 13.7. The van der Waals surface area contributed by atoms with Crippen molar-refractivity contribution in [2.45, 2.75) is 12.8 Å². The number of aromatic nitrogens is 2. The highest BCUT2D eigenvalue weighted by Crippen LogP contribution is 2.28. The van der Waals surface area contributed by atoms with Crippen LogP contribution < -0.4 is 0 Å². The normalized spacial score (nSPS) is 14.6. The van der Waals surface area contributed by atoms with Gasteiger partial charge in [-0.2, -0.15) is 0 Å². The van der Waals surface area contributed by atoms with Crippen LogP contribution in [0.4, 0.5) is 0 Å². The van der Waals surface area contributed by atoms with E-state index in [4.69, 9.17) is 0 Å². The van der Waals surface area contributed by atoms with Crippen LogP contribution in [-0.4, -0.2) is 33.9 Å². The molecule has 0 bridgehead atoms. The Morgan fingerprint density at radius 2 is 2.12 bits per heavy atom. The Balaban J connectivity index is 1.48. The predicted molar refractivity (Wildman–Crippen MR) is 103 cm³/mol. The molecule has 0 fully saturated rings. The Morgan fingerprint density at radius 3 is 2.92 bits per heavy atom. The number of hydrogen-bond donors (Lipinski definition) is 1. The maximum Gasteiger partial charge on any atom is 0.227 e. The molecule has 3 heterocycles. The third-order valence-corrected chi connectivity index (χ3v) is 5.42. The molecular weight excluding hydrogens is 378 g/mol. The second-order valence-corrected chi connectivity index (χ2v) is 7.04. The van der Waals surface area contributed by atoms with E-state index in [0.29, 0.717) is 13.0 Å². The van der Waals surface area contributed by atoms with Gasteiger partial charge in [0.1, 0.15) is 0 Å². The molecule has 3 aromatic rings. The molecule has 0 saturated carbocycles. The van der Waals surface area contributed by atoms with E-state index in [-0.39, 0.29) is 5.91 Å². The molecule has 0 aliphatic carbocycles. The van der Waals surface area contributed by atoms with Crippen molar-refractivity contribution in [3.05, 3.63) is 70.5 Å². The minimum absolute atomic E-state index is 0.166. The summed E-state index contributed by atoms with van der Waals surface area (Å²) in [5.41, 5.74) is 5.49. The van der Waals surface area contributed by atoms with E-state index in [0.717, 1.165) is 39.6 Å². The molecule has 0 saturated heterocycles. The van der Waals surface area contributed by atoms with Crippen molar-refractivity contribution in [1.29, 1.82) is 0 Å². The highest BCUT2D eigenvalue weighted by molar-refractivity contribution is 9.10. The molecule has 0 unspecified atom stereocenters. The summed E-state index contributed by atoms with van der Waals surface area (Å²) in [5, 5.41) is 0. The van der Waals surface area contributed by atoms with Crippen molar-refractivity contribution in [3.8, 4) is 0 Å². The van der Waals surface area contributed by atoms with Gasteiger partial charge in [0, 0.05) is 35.5 Å². The number of fused-ring (bicyclic) bond motifs is 1. The molecule has 126 valence electrons. The SMILES string of the molecule is O=C(Cc1ccccc1Br)N1CC=C(c2c[nH]c3cccnc23)CC1. The van der Waals surface area contributed by atoms with Gasteiger partial charge in [0.2, 0.25) is 5.91 Å². The molecule has 1 aliphatic rings. The second kappa shape index (κ2) is 6.84. The zero-order chi connectivity index (χ0) is 17.2. The quantitative estimate of drug-likeness (QED) is 0.722. The number of carbonyl (C=O) groups is 1. The van der Waals surface area contributed by atoms with Gasteiger partial charge < -0.3 is 9.88 Å². The highest BCUT2D eigenvalue weighted by atomic mass is 79.9. The van der Waals surface area contributed by atoms with Crippen molar-refractivity contribution in [1.82, 2.24) is 14.9 Å². The van der Waals surface area contributed by atoms with Crippen molar-refractivity contribution in [3.63, 3.8) is 0 Å². The maximum atomic E-state index is 12.6. The minimum atomic E-state index is 0.166. The largest absolute Gasteiger partial charge is 0.359 e. The van der Waals surface area contributed by atoms with Crippen molar-refractivity contribution < 1.29 is 4.79 Å². The number of pyridine rings is 1. The van der Waals surface area contributed by atoms with E-state index in [1.54, 1.807) is 0 Å². The van der Waals surface area contributed by atoms with E-state index >= 15 is 0 Å². The summed E-state index contributed by atoms with van der Waals surface area (Å²) in [5.74, 6) is 0.166. The number of amides is 1. The molecule has 4 nitrogen and oxygen atoms in total. The molecule has 0 spiro atoms. The van der Waals surface area contributed by atoms with Crippen LogP contribution in [0.2, 0.25) is 0 Å². The first kappa shape index (κ1) is 16.1. The van der Waals surface area contributed by atoms with Crippen LogP contribution in [0.5, 0.6) is 0 Å². The average Bonchev–Trinajstić information content (AvgIpc) is 3.08. The van der Waals surface area contributed by atoms with Gasteiger partial charge in [-0.15, -0.1) is 0 Å². The molecule has 0 atom stereocenters. The maximum absolute atomic E-state index is 12.6. The number of benzene rings is 1. The number of H-pyrrole nitrogens is 1. The summed E-state index contributed by atoms with van der Waals surface area (Å²) < 4.78 is 0.987. The number of carbonyl (C=O) groups excluding carboxylic acids is 1. The monoisotopic (exact) mass is 395 g/mol. The number of nitrogens with zero attached hydrogens (tertiary/aromatic N) is 2. The van der Waals surface area contributed by atoms with Gasteiger partial charge in [-0.1, -0.05) is 40.2 Å². The topological polar surface area (TPSA) is 49.0 Å². The Morgan fingerprint density at radius 1 is 1.24 bits per heavy atom. The van der Waals surface area contributed by atoms with Gasteiger partial charge >= 0.3 is 0 Å². The molecule has 0 radical (unpaired) electrons. The first-order chi connectivity index (χ1) is 12.2. The summed E-state index contributed by atoms with van der Waals surface area (Å²) in [6.45, 7) is 1.40. The van der Waals surface area contributed by atoms with Gasteiger partial charge in [0.25, 0.3) is 0 Å². The fourth-order valence-electron chi connectivity index (χ4n) is 3.26. The Kier molecular flexibility index (Phi) is 4.40. The third-order valence-electron chi connectivity index (χ3n) is 4.64. The van der Waals surface area contributed by atoms with Crippen molar-refractivity contribution in [2.24, 2.45) is 0 Å². The van der Waals surface area contributed by atoms with Crippen molar-refractivity contribution >= 4 is 38.4 Å². The van der Waals surface area contributed by atoms with Crippen LogP contribution in [0, 0.1) is 0 Å². The Labute approximate surface area is 154 Å². The third kappa shape index (κ3) is 3.24. The smallest absolute Gasteiger partial charge is 0.227 e. The van der Waals surface area contributed by atoms with Gasteiger partial charge in [0.05, 0.1) is 17.5 Å². The van der Waals surface area contributed by atoms with Gasteiger partial charge in [0.15, 0.2) is 0 Å². The van der Waals surface area contributed by atoms with E-state index in [2.05, 4.69) is 32.0 Å². The highest BCUT2D eigenvalue weighted by Gasteiger charge is 2.20. The van der Waals surface area contributed by atoms with Crippen LogP contribution in [0.3, 0.4) is 0 Å². The van der Waals surface area contributed by atoms with Crippen LogP contribution in [-0.2, 0) is 11.2 Å². The number of halogens is 1. The molecule has 1 N–H and O–H groups in total. The van der Waals surface area contributed by atoms with E-state index in [9.17, 15) is 4.79 Å². The first-order valence-corrected chi connectivity index (χ1v) is 9.14. The van der Waals surface area contributed by atoms with Gasteiger partial charge in [-0.3, -0.25) is 9.78 Å². The first-order valence-electron chi connectivity index (χ1n) is 8.35. The molecule has 5 heteroatoms. The fourth-order valence-corrected chi connectivity index (χ4v) is 3.68. The lowest BCUT2D eigenvalue weighted by Crippen LogP contribution is -2.35. The van der Waals surface area contributed by atoms with Gasteiger partial charge in [-0.05, 0) is 35.8 Å². The van der Waals surface area contributed by atoms with Crippen LogP contribution in [0.25, 0.3) is 16.6 Å². The predicted octanol–water partition coefficient (Wildman–Crippen LogP) is 4.18. The van der Waals surface area contributed by atoms with Crippen molar-refractivity contribution in [2.75, 3.05) is 13.1 Å². The fraction of sp³-hybridized carbons (Fsp3) is 0.200. The Hall–Kier alpha value is -2.40. The molecule has 1 aromatic carbocycles. The standard InChI is InChI=1S/C20H18BrN3O/c21-17-5-2-1-4-15(17)12-19(25)24-10-7-14(8-11-24)16-13-23-18-6-3-9-22-20(16)18/h1-7,9,13,23H,8,10-12H2. The number of hydrogen-bond acceptors (Lipinski definition) is 2. The van der Waals surface area contributed by atoms with Crippen LogP contribution >= 0.6 is 15.9 Å². The lowest BCUT2D eigenvalue weighted by molar-refractivity contribution is -0.130. The van der Waals surface area contributed by atoms with Gasteiger partial charge in [-0.25, -0.2) is 0 Å². The molecule has 25 heavy (non-hydrogen) atoms. The van der Waals surface area contributed by atoms with Crippen LogP contribution in [0.1, 0.15) is 17.5 Å². The minimum Gasteiger partial charge on any atom is -0.359 e. The summed E-state index contributed by atoms with van der Waals surface area (Å²) >= 11 is 3.51. The Bertz CT molecular complexity index is 960. The number of aromatic amines is 1. The molecule has 1 aliphatic heterocycles. The lowest BCUT2D eigenvalue weighted by atomic mass is 10.0. The summed E-state index contributed by atoms with van der Waals surface area (Å²) in [7, 11) is 0. The number of nitrogens with one attached hydrogen (secondary N) is 1. The average molecular weight is 396 g/mol. The summed E-state index contributed by atoms with van der Waals surface area (Å²) in [6.07, 6.45) is 7.27. The summed E-state index contributed by atoms with van der Waals surface area (Å²) in [6, 6.07) is 11.9. The second-order valence-electron chi connectivity index (χ2n) is 6.19. The van der Waals surface area contributed by atoms with E-state index in [1.807, 2.05) is 53.7 Å². The molecule has 2 aromatic heterocycles.